The number of rotatable bonds is 6. The van der Waals surface area contributed by atoms with Crippen LogP contribution in [-0.4, -0.2) is 18.6 Å². The molecule has 1 aliphatic carbocycles. The highest BCUT2D eigenvalue weighted by molar-refractivity contribution is 5.26. The van der Waals surface area contributed by atoms with Gasteiger partial charge in [0, 0.05) is 12.2 Å². The van der Waals surface area contributed by atoms with Crippen LogP contribution in [0, 0.1) is 11.3 Å². The summed E-state index contributed by atoms with van der Waals surface area (Å²) in [6, 6.07) is 2.55. The summed E-state index contributed by atoms with van der Waals surface area (Å²) in [5, 5.41) is 3.74. The van der Waals surface area contributed by atoms with E-state index in [1.807, 2.05) is 6.20 Å². The fourth-order valence-electron chi connectivity index (χ4n) is 3.33. The second kappa shape index (κ2) is 7.26. The summed E-state index contributed by atoms with van der Waals surface area (Å²) in [4.78, 5) is 4.34. The van der Waals surface area contributed by atoms with Crippen LogP contribution in [0.1, 0.15) is 64.5 Å². The van der Waals surface area contributed by atoms with E-state index in [9.17, 15) is 0 Å². The maximum Gasteiger partial charge on any atom is 0.137 e. The minimum absolute atomic E-state index is 0.406. The smallest absolute Gasteiger partial charge is 0.137 e. The second-order valence-corrected chi connectivity index (χ2v) is 7.09. The molecule has 1 aliphatic rings. The molecule has 2 rings (SSSR count). The number of nitrogens with zero attached hydrogens (tertiary/aromatic N) is 1. The van der Waals surface area contributed by atoms with Crippen molar-refractivity contribution in [1.82, 2.24) is 10.3 Å². The van der Waals surface area contributed by atoms with E-state index in [-0.39, 0.29) is 0 Å². The quantitative estimate of drug-likeness (QED) is 0.846. The Kier molecular flexibility index (Phi) is 5.63. The SMILES string of the molecule is CCCNC(c1cncc(OC)c1)C1CCC(C)(C)CC1. The molecule has 118 valence electrons. The third-order valence-corrected chi connectivity index (χ3v) is 4.80. The van der Waals surface area contributed by atoms with E-state index in [4.69, 9.17) is 4.74 Å². The van der Waals surface area contributed by atoms with Crippen LogP contribution in [0.5, 0.6) is 5.75 Å². The summed E-state index contributed by atoms with van der Waals surface area (Å²) in [5.74, 6) is 1.56. The molecule has 0 spiro atoms. The summed E-state index contributed by atoms with van der Waals surface area (Å²) < 4.78 is 5.34. The van der Waals surface area contributed by atoms with Crippen LogP contribution in [-0.2, 0) is 0 Å². The van der Waals surface area contributed by atoms with Gasteiger partial charge in [-0.05, 0) is 61.6 Å². The molecule has 0 aromatic carbocycles. The van der Waals surface area contributed by atoms with Crippen molar-refractivity contribution in [3.05, 3.63) is 24.0 Å². The molecule has 3 nitrogen and oxygen atoms in total. The van der Waals surface area contributed by atoms with E-state index < -0.39 is 0 Å². The summed E-state index contributed by atoms with van der Waals surface area (Å²) >= 11 is 0. The Bertz CT molecular complexity index is 435. The zero-order chi connectivity index (χ0) is 15.3. The molecule has 0 amide bonds. The van der Waals surface area contributed by atoms with E-state index in [1.54, 1.807) is 13.3 Å². The molecule has 0 aliphatic heterocycles. The zero-order valence-corrected chi connectivity index (χ0v) is 14.0. The molecule has 0 saturated heterocycles. The molecule has 1 unspecified atom stereocenters. The fraction of sp³-hybridized carbons (Fsp3) is 0.722. The third kappa shape index (κ3) is 4.44. The Morgan fingerprint density at radius 2 is 2.05 bits per heavy atom. The number of aromatic nitrogens is 1. The van der Waals surface area contributed by atoms with E-state index in [2.05, 4.69) is 37.1 Å². The van der Waals surface area contributed by atoms with Gasteiger partial charge in [-0.1, -0.05) is 20.8 Å². The van der Waals surface area contributed by atoms with Gasteiger partial charge in [0.2, 0.25) is 0 Å². The number of ether oxygens (including phenoxy) is 1. The van der Waals surface area contributed by atoms with Crippen LogP contribution >= 0.6 is 0 Å². The van der Waals surface area contributed by atoms with Crippen LogP contribution in [0.2, 0.25) is 0 Å². The number of nitrogens with one attached hydrogen (secondary N) is 1. The first-order valence-corrected chi connectivity index (χ1v) is 8.28. The van der Waals surface area contributed by atoms with E-state index in [0.717, 1.165) is 18.7 Å². The number of hydrogen-bond acceptors (Lipinski definition) is 3. The van der Waals surface area contributed by atoms with Gasteiger partial charge in [0.05, 0.1) is 13.3 Å². The van der Waals surface area contributed by atoms with Gasteiger partial charge >= 0.3 is 0 Å². The van der Waals surface area contributed by atoms with E-state index in [0.29, 0.717) is 17.4 Å². The number of methoxy groups -OCH3 is 1. The lowest BCUT2D eigenvalue weighted by Crippen LogP contribution is -2.33. The third-order valence-electron chi connectivity index (χ3n) is 4.80. The highest BCUT2D eigenvalue weighted by atomic mass is 16.5. The van der Waals surface area contributed by atoms with E-state index >= 15 is 0 Å². The average Bonchev–Trinajstić information content (AvgIpc) is 2.49. The van der Waals surface area contributed by atoms with Crippen molar-refractivity contribution < 1.29 is 4.74 Å². The minimum Gasteiger partial charge on any atom is -0.495 e. The first-order valence-electron chi connectivity index (χ1n) is 8.28. The van der Waals surface area contributed by atoms with Crippen molar-refractivity contribution >= 4 is 0 Å². The van der Waals surface area contributed by atoms with Gasteiger partial charge in [-0.25, -0.2) is 0 Å². The van der Waals surface area contributed by atoms with Gasteiger partial charge in [-0.15, -0.1) is 0 Å². The lowest BCUT2D eigenvalue weighted by atomic mass is 9.70. The maximum absolute atomic E-state index is 5.34. The topological polar surface area (TPSA) is 34.2 Å². The van der Waals surface area contributed by atoms with Gasteiger partial charge in [-0.3, -0.25) is 4.98 Å². The highest BCUT2D eigenvalue weighted by Gasteiger charge is 2.32. The Balaban J connectivity index is 2.13. The minimum atomic E-state index is 0.406. The van der Waals surface area contributed by atoms with Gasteiger partial charge in [0.25, 0.3) is 0 Å². The molecule has 1 N–H and O–H groups in total. The maximum atomic E-state index is 5.34. The van der Waals surface area contributed by atoms with Gasteiger partial charge < -0.3 is 10.1 Å². The van der Waals surface area contributed by atoms with Crippen LogP contribution in [0.4, 0.5) is 0 Å². The molecule has 1 atom stereocenters. The standard InChI is InChI=1S/C18H30N2O/c1-5-10-20-17(14-6-8-18(2,3)9-7-14)15-11-16(21-4)13-19-12-15/h11-14,17,20H,5-10H2,1-4H3. The van der Waals surface area contributed by atoms with Crippen molar-refractivity contribution in [3.8, 4) is 5.75 Å². The Labute approximate surface area is 129 Å². The molecule has 1 heterocycles. The van der Waals surface area contributed by atoms with Gasteiger partial charge in [0.15, 0.2) is 0 Å². The molecule has 0 bridgehead atoms. The summed E-state index contributed by atoms with van der Waals surface area (Å²) in [7, 11) is 1.71. The lowest BCUT2D eigenvalue weighted by molar-refractivity contribution is 0.161. The fourth-order valence-corrected chi connectivity index (χ4v) is 3.33. The summed E-state index contributed by atoms with van der Waals surface area (Å²) in [6.07, 6.45) is 10.2. The lowest BCUT2D eigenvalue weighted by Gasteiger charge is -2.38. The van der Waals surface area contributed by atoms with Crippen LogP contribution < -0.4 is 10.1 Å². The first kappa shape index (κ1) is 16.3. The molecule has 21 heavy (non-hydrogen) atoms. The van der Waals surface area contributed by atoms with Crippen molar-refractivity contribution in [3.63, 3.8) is 0 Å². The summed E-state index contributed by atoms with van der Waals surface area (Å²) in [5.41, 5.74) is 1.78. The van der Waals surface area contributed by atoms with Crippen molar-refractivity contribution in [2.45, 2.75) is 58.9 Å². The molecule has 3 heteroatoms. The predicted octanol–water partition coefficient (Wildman–Crippen LogP) is 4.35. The largest absolute Gasteiger partial charge is 0.495 e. The van der Waals surface area contributed by atoms with E-state index in [1.165, 1.54) is 31.2 Å². The molecule has 0 radical (unpaired) electrons. The van der Waals surface area contributed by atoms with Gasteiger partial charge in [0.1, 0.15) is 5.75 Å². The van der Waals surface area contributed by atoms with Crippen molar-refractivity contribution in [2.75, 3.05) is 13.7 Å². The number of hydrogen-bond donors (Lipinski definition) is 1. The van der Waals surface area contributed by atoms with Crippen LogP contribution in [0.3, 0.4) is 0 Å². The molecular formula is C18H30N2O. The average molecular weight is 290 g/mol. The van der Waals surface area contributed by atoms with Crippen LogP contribution in [0.25, 0.3) is 0 Å². The Morgan fingerprint density at radius 1 is 1.33 bits per heavy atom. The molecular weight excluding hydrogens is 260 g/mol. The zero-order valence-electron chi connectivity index (χ0n) is 14.0. The van der Waals surface area contributed by atoms with Crippen LogP contribution in [0.15, 0.2) is 18.5 Å². The molecule has 1 fully saturated rings. The monoisotopic (exact) mass is 290 g/mol. The van der Waals surface area contributed by atoms with Gasteiger partial charge in [-0.2, -0.15) is 0 Å². The molecule has 1 aromatic rings. The first-order chi connectivity index (χ1) is 10.1. The summed E-state index contributed by atoms with van der Waals surface area (Å²) in [6.45, 7) is 8.06. The van der Waals surface area contributed by atoms with Crippen molar-refractivity contribution in [1.29, 1.82) is 0 Å². The Morgan fingerprint density at radius 3 is 2.67 bits per heavy atom. The molecule has 1 saturated carbocycles. The second-order valence-electron chi connectivity index (χ2n) is 7.09. The number of pyridine rings is 1. The predicted molar refractivity (Wildman–Crippen MR) is 87.6 cm³/mol. The normalized spacial score (nSPS) is 20.2. The Hall–Kier alpha value is -1.09. The highest BCUT2D eigenvalue weighted by Crippen LogP contribution is 2.42. The van der Waals surface area contributed by atoms with Crippen molar-refractivity contribution in [2.24, 2.45) is 11.3 Å². The molecule has 1 aromatic heterocycles.